The Morgan fingerprint density at radius 1 is 1.06 bits per heavy atom. The highest BCUT2D eigenvalue weighted by molar-refractivity contribution is 7.87. The summed E-state index contributed by atoms with van der Waals surface area (Å²) in [5.41, 5.74) is 3.85. The van der Waals surface area contributed by atoms with Crippen molar-refractivity contribution in [1.29, 1.82) is 0 Å². The van der Waals surface area contributed by atoms with Crippen molar-refractivity contribution in [2.24, 2.45) is 11.3 Å². The molecular weight excluding hydrogens is 412 g/mol. The Balaban J connectivity index is 1.32. The van der Waals surface area contributed by atoms with Crippen LogP contribution in [-0.2, 0) is 38.9 Å². The van der Waals surface area contributed by atoms with Crippen LogP contribution >= 0.6 is 0 Å². The predicted octanol–water partition coefficient (Wildman–Crippen LogP) is 4.39. The van der Waals surface area contributed by atoms with Crippen molar-refractivity contribution in [2.45, 2.75) is 49.8 Å². The molecule has 1 aliphatic heterocycles. The molecule has 2 aliphatic carbocycles. The van der Waals surface area contributed by atoms with Gasteiger partial charge in [0.2, 0.25) is 0 Å². The molecular formula is C25H26O5S. The highest BCUT2D eigenvalue weighted by atomic mass is 32.2. The SMILES string of the molecule is C=C1CC2COC(=O)C2(Cc2ccc(OS(=O)(=O)c3ccc4c(c3)CCCC4)cc2)C1. The van der Waals surface area contributed by atoms with Gasteiger partial charge in [-0.15, -0.1) is 0 Å². The molecule has 3 aliphatic rings. The first-order valence-electron chi connectivity index (χ1n) is 10.8. The highest BCUT2D eigenvalue weighted by Gasteiger charge is 2.55. The van der Waals surface area contributed by atoms with Crippen molar-refractivity contribution < 1.29 is 22.1 Å². The van der Waals surface area contributed by atoms with E-state index in [1.165, 1.54) is 5.56 Å². The summed E-state index contributed by atoms with van der Waals surface area (Å²) in [6.07, 6.45) is 6.19. The lowest BCUT2D eigenvalue weighted by Crippen LogP contribution is -2.31. The summed E-state index contributed by atoms with van der Waals surface area (Å²) in [7, 11) is -3.90. The van der Waals surface area contributed by atoms with E-state index in [1.54, 1.807) is 24.3 Å². The number of aryl methyl sites for hydroxylation is 2. The fraction of sp³-hybridized carbons (Fsp3) is 0.400. The number of hydrogen-bond donors (Lipinski definition) is 0. The van der Waals surface area contributed by atoms with Crippen molar-refractivity contribution >= 4 is 16.1 Å². The lowest BCUT2D eigenvalue weighted by atomic mass is 9.75. The molecule has 5 nitrogen and oxygen atoms in total. The van der Waals surface area contributed by atoms with Crippen LogP contribution in [0.15, 0.2) is 59.5 Å². The predicted molar refractivity (Wildman–Crippen MR) is 116 cm³/mol. The topological polar surface area (TPSA) is 69.7 Å². The second-order valence-electron chi connectivity index (χ2n) is 9.08. The summed E-state index contributed by atoms with van der Waals surface area (Å²) >= 11 is 0. The lowest BCUT2D eigenvalue weighted by Gasteiger charge is -2.24. The number of fused-ring (bicyclic) bond motifs is 2. The largest absolute Gasteiger partial charge is 0.465 e. The van der Waals surface area contributed by atoms with Gasteiger partial charge >= 0.3 is 16.1 Å². The molecule has 1 saturated heterocycles. The minimum Gasteiger partial charge on any atom is -0.465 e. The molecule has 2 atom stereocenters. The fourth-order valence-corrected chi connectivity index (χ4v) is 6.31. The van der Waals surface area contributed by atoms with E-state index in [0.717, 1.165) is 48.8 Å². The normalized spacial score (nSPS) is 25.1. The number of benzene rings is 2. The third-order valence-corrected chi connectivity index (χ3v) is 8.20. The van der Waals surface area contributed by atoms with Crippen LogP contribution in [0, 0.1) is 11.3 Å². The van der Waals surface area contributed by atoms with E-state index in [-0.39, 0.29) is 22.5 Å². The monoisotopic (exact) mass is 438 g/mol. The Morgan fingerprint density at radius 3 is 2.58 bits per heavy atom. The van der Waals surface area contributed by atoms with Crippen LogP contribution in [-0.4, -0.2) is 21.0 Å². The first-order valence-corrected chi connectivity index (χ1v) is 12.3. The summed E-state index contributed by atoms with van der Waals surface area (Å²) in [5.74, 6) is 0.291. The number of ether oxygens (including phenoxy) is 1. The van der Waals surface area contributed by atoms with Crippen LogP contribution in [0.2, 0.25) is 0 Å². The van der Waals surface area contributed by atoms with E-state index in [0.29, 0.717) is 19.4 Å². The summed E-state index contributed by atoms with van der Waals surface area (Å²) in [5, 5.41) is 0. The molecule has 2 unspecified atom stereocenters. The number of allylic oxidation sites excluding steroid dienone is 1. The van der Waals surface area contributed by atoms with Gasteiger partial charge in [0.1, 0.15) is 10.6 Å². The Bertz CT molecular complexity index is 1150. The van der Waals surface area contributed by atoms with Gasteiger partial charge in [0.15, 0.2) is 0 Å². The quantitative estimate of drug-likeness (QED) is 0.394. The number of carbonyl (C=O) groups excluding carboxylic acids is 1. The van der Waals surface area contributed by atoms with Gasteiger partial charge in [-0.1, -0.05) is 30.4 Å². The number of cyclic esters (lactones) is 1. The molecule has 5 rings (SSSR count). The molecule has 1 saturated carbocycles. The molecule has 31 heavy (non-hydrogen) atoms. The van der Waals surface area contributed by atoms with Crippen molar-refractivity contribution in [3.05, 3.63) is 71.3 Å². The molecule has 0 amide bonds. The number of hydrogen-bond acceptors (Lipinski definition) is 5. The summed E-state index contributed by atoms with van der Waals surface area (Å²) in [6.45, 7) is 4.53. The Kier molecular flexibility index (Phi) is 4.93. The first-order chi connectivity index (χ1) is 14.9. The molecule has 0 radical (unpaired) electrons. The standard InChI is InChI=1S/C25H26O5S/c1-17-12-21-16-29-24(26)25(21,14-17)15-18-6-9-22(10-7-18)30-31(27,28)23-11-8-19-4-2-3-5-20(19)13-23/h6-11,13,21H,1-5,12,14-16H2. The minimum absolute atomic E-state index is 0.147. The average Bonchev–Trinajstić information content (AvgIpc) is 3.22. The zero-order chi connectivity index (χ0) is 21.6. The third-order valence-electron chi connectivity index (χ3n) is 6.96. The Hall–Kier alpha value is -2.60. The van der Waals surface area contributed by atoms with Gasteiger partial charge in [0.05, 0.1) is 12.0 Å². The first kappa shape index (κ1) is 20.3. The van der Waals surface area contributed by atoms with Gasteiger partial charge in [0, 0.05) is 5.92 Å². The van der Waals surface area contributed by atoms with Gasteiger partial charge < -0.3 is 8.92 Å². The molecule has 0 N–H and O–H groups in total. The molecule has 2 fully saturated rings. The van der Waals surface area contributed by atoms with E-state index in [2.05, 4.69) is 6.58 Å². The number of esters is 1. The van der Waals surface area contributed by atoms with E-state index in [4.69, 9.17) is 8.92 Å². The van der Waals surface area contributed by atoms with Crippen LogP contribution in [0.1, 0.15) is 42.4 Å². The number of rotatable bonds is 5. The van der Waals surface area contributed by atoms with Gasteiger partial charge in [-0.3, -0.25) is 4.79 Å². The molecule has 0 spiro atoms. The van der Waals surface area contributed by atoms with E-state index >= 15 is 0 Å². The summed E-state index contributed by atoms with van der Waals surface area (Å²) in [4.78, 5) is 12.7. The van der Waals surface area contributed by atoms with Crippen molar-refractivity contribution in [3.8, 4) is 5.75 Å². The second kappa shape index (κ2) is 7.52. The zero-order valence-electron chi connectivity index (χ0n) is 17.4. The van der Waals surface area contributed by atoms with E-state index in [1.807, 2.05) is 18.2 Å². The molecule has 2 aromatic carbocycles. The molecule has 2 aromatic rings. The minimum atomic E-state index is -3.90. The maximum absolute atomic E-state index is 12.8. The van der Waals surface area contributed by atoms with E-state index in [9.17, 15) is 13.2 Å². The Morgan fingerprint density at radius 2 is 1.81 bits per heavy atom. The molecule has 0 bridgehead atoms. The summed E-state index contributed by atoms with van der Waals surface area (Å²) in [6, 6.07) is 12.2. The maximum atomic E-state index is 12.8. The average molecular weight is 439 g/mol. The van der Waals surface area contributed by atoms with Crippen LogP contribution in [0.5, 0.6) is 5.75 Å². The van der Waals surface area contributed by atoms with Gasteiger partial charge in [0.25, 0.3) is 0 Å². The lowest BCUT2D eigenvalue weighted by molar-refractivity contribution is -0.146. The Labute approximate surface area is 183 Å². The molecule has 0 aromatic heterocycles. The highest BCUT2D eigenvalue weighted by Crippen LogP contribution is 2.52. The van der Waals surface area contributed by atoms with Crippen molar-refractivity contribution in [2.75, 3.05) is 6.61 Å². The van der Waals surface area contributed by atoms with Gasteiger partial charge in [-0.05, 0) is 85.9 Å². The number of carbonyl (C=O) groups is 1. The van der Waals surface area contributed by atoms with Crippen LogP contribution < -0.4 is 4.18 Å². The van der Waals surface area contributed by atoms with Crippen LogP contribution in [0.25, 0.3) is 0 Å². The van der Waals surface area contributed by atoms with Crippen LogP contribution in [0.4, 0.5) is 0 Å². The maximum Gasteiger partial charge on any atom is 0.339 e. The zero-order valence-corrected chi connectivity index (χ0v) is 18.2. The van der Waals surface area contributed by atoms with Crippen molar-refractivity contribution in [3.63, 3.8) is 0 Å². The summed E-state index contributed by atoms with van der Waals surface area (Å²) < 4.78 is 36.3. The van der Waals surface area contributed by atoms with Gasteiger partial charge in [-0.2, -0.15) is 8.42 Å². The molecule has 162 valence electrons. The fourth-order valence-electron chi connectivity index (χ4n) is 5.33. The smallest absolute Gasteiger partial charge is 0.339 e. The molecule has 1 heterocycles. The third kappa shape index (κ3) is 3.67. The van der Waals surface area contributed by atoms with Crippen molar-refractivity contribution in [1.82, 2.24) is 0 Å². The van der Waals surface area contributed by atoms with E-state index < -0.39 is 15.5 Å². The van der Waals surface area contributed by atoms with Gasteiger partial charge in [-0.25, -0.2) is 0 Å². The second-order valence-corrected chi connectivity index (χ2v) is 10.6. The molecule has 6 heteroatoms. The van der Waals surface area contributed by atoms with Crippen LogP contribution in [0.3, 0.4) is 0 Å².